The van der Waals surface area contributed by atoms with E-state index in [1.54, 1.807) is 6.07 Å². The Morgan fingerprint density at radius 1 is 1.50 bits per heavy atom. The minimum absolute atomic E-state index is 0.0408. The van der Waals surface area contributed by atoms with E-state index in [0.717, 1.165) is 6.42 Å². The van der Waals surface area contributed by atoms with E-state index < -0.39 is 5.82 Å². The molecule has 0 amide bonds. The molecule has 0 bridgehead atoms. The fraction of sp³-hybridized carbons (Fsp3) is 0.500. The molecule has 1 aromatic rings. The zero-order chi connectivity index (χ0) is 11.9. The van der Waals surface area contributed by atoms with Gasteiger partial charge in [0.1, 0.15) is 17.7 Å². The van der Waals surface area contributed by atoms with Gasteiger partial charge in [0.15, 0.2) is 0 Å². The fourth-order valence-electron chi connectivity index (χ4n) is 1.83. The molecule has 0 saturated heterocycles. The van der Waals surface area contributed by atoms with Gasteiger partial charge in [-0.25, -0.2) is 4.39 Å². The molecule has 0 spiro atoms. The molecule has 1 aliphatic rings. The maximum Gasteiger partial charge on any atom is 0.142 e. The van der Waals surface area contributed by atoms with Crippen LogP contribution in [0.15, 0.2) is 18.2 Å². The molecular formula is C12H15ClFNO. The summed E-state index contributed by atoms with van der Waals surface area (Å²) in [4.78, 5) is 0. The van der Waals surface area contributed by atoms with E-state index in [-0.39, 0.29) is 22.6 Å². The Kier molecular flexibility index (Phi) is 2.84. The number of halogens is 2. The fourth-order valence-corrected chi connectivity index (χ4v) is 2.00. The molecule has 1 fully saturated rings. The van der Waals surface area contributed by atoms with Crippen LogP contribution in [0.3, 0.4) is 0 Å². The van der Waals surface area contributed by atoms with Gasteiger partial charge in [-0.2, -0.15) is 0 Å². The van der Waals surface area contributed by atoms with Crippen molar-refractivity contribution in [2.45, 2.75) is 32.4 Å². The summed E-state index contributed by atoms with van der Waals surface area (Å²) in [5, 5.41) is 0.0823. The van der Waals surface area contributed by atoms with Gasteiger partial charge in [-0.3, -0.25) is 0 Å². The monoisotopic (exact) mass is 243 g/mol. The van der Waals surface area contributed by atoms with Gasteiger partial charge in [0.05, 0.1) is 5.02 Å². The molecule has 1 aromatic carbocycles. The van der Waals surface area contributed by atoms with E-state index in [4.69, 9.17) is 22.1 Å². The Bertz CT molecular complexity index is 408. The second-order valence-electron chi connectivity index (χ2n) is 4.85. The summed E-state index contributed by atoms with van der Waals surface area (Å²) in [6.45, 7) is 4.13. The van der Waals surface area contributed by atoms with Crippen molar-refractivity contribution in [3.8, 4) is 5.75 Å². The minimum atomic E-state index is -0.432. The van der Waals surface area contributed by atoms with E-state index in [9.17, 15) is 4.39 Å². The van der Waals surface area contributed by atoms with Gasteiger partial charge in [-0.05, 0) is 12.1 Å². The van der Waals surface area contributed by atoms with E-state index in [1.807, 2.05) is 0 Å². The van der Waals surface area contributed by atoms with Crippen LogP contribution >= 0.6 is 11.6 Å². The van der Waals surface area contributed by atoms with Gasteiger partial charge in [0.25, 0.3) is 0 Å². The zero-order valence-electron chi connectivity index (χ0n) is 9.34. The van der Waals surface area contributed by atoms with Crippen LogP contribution in [0.25, 0.3) is 0 Å². The smallest absolute Gasteiger partial charge is 0.142 e. The van der Waals surface area contributed by atoms with E-state index in [1.165, 1.54) is 12.1 Å². The Balaban J connectivity index is 2.08. The molecule has 0 radical (unpaired) electrons. The number of rotatable bonds is 2. The highest BCUT2D eigenvalue weighted by Crippen LogP contribution is 2.41. The number of benzene rings is 1. The SMILES string of the molecule is CC1(C)C(N)CC1Oc1ccc(F)c(Cl)c1. The van der Waals surface area contributed by atoms with E-state index in [2.05, 4.69) is 13.8 Å². The normalized spacial score (nSPS) is 27.3. The Hall–Kier alpha value is -0.800. The molecule has 2 unspecified atom stereocenters. The highest BCUT2D eigenvalue weighted by atomic mass is 35.5. The average molecular weight is 244 g/mol. The first-order chi connectivity index (χ1) is 7.41. The lowest BCUT2D eigenvalue weighted by atomic mass is 9.65. The first-order valence-electron chi connectivity index (χ1n) is 5.28. The molecule has 2 N–H and O–H groups in total. The van der Waals surface area contributed by atoms with Crippen molar-refractivity contribution >= 4 is 11.6 Å². The Labute approximate surface area is 99.5 Å². The molecule has 0 heterocycles. The van der Waals surface area contributed by atoms with Crippen LogP contribution in [-0.2, 0) is 0 Å². The van der Waals surface area contributed by atoms with Crippen molar-refractivity contribution in [3.05, 3.63) is 29.0 Å². The van der Waals surface area contributed by atoms with Crippen LogP contribution in [0.4, 0.5) is 4.39 Å². The van der Waals surface area contributed by atoms with Crippen molar-refractivity contribution in [3.63, 3.8) is 0 Å². The number of hydrogen-bond acceptors (Lipinski definition) is 2. The number of hydrogen-bond donors (Lipinski definition) is 1. The summed E-state index contributed by atoms with van der Waals surface area (Å²) in [6.07, 6.45) is 0.895. The molecule has 2 nitrogen and oxygen atoms in total. The predicted molar refractivity (Wildman–Crippen MR) is 62.2 cm³/mol. The predicted octanol–water partition coefficient (Wildman–Crippen LogP) is 2.98. The first kappa shape index (κ1) is 11.7. The van der Waals surface area contributed by atoms with E-state index in [0.29, 0.717) is 5.75 Å². The highest BCUT2D eigenvalue weighted by molar-refractivity contribution is 6.30. The number of ether oxygens (including phenoxy) is 1. The van der Waals surface area contributed by atoms with Crippen molar-refractivity contribution in [1.82, 2.24) is 0 Å². The zero-order valence-corrected chi connectivity index (χ0v) is 10.1. The molecule has 0 aliphatic heterocycles. The topological polar surface area (TPSA) is 35.2 Å². The summed E-state index contributed by atoms with van der Waals surface area (Å²) >= 11 is 5.68. The Morgan fingerprint density at radius 3 is 2.69 bits per heavy atom. The molecule has 1 aliphatic carbocycles. The van der Waals surface area contributed by atoms with Crippen molar-refractivity contribution < 1.29 is 9.13 Å². The first-order valence-corrected chi connectivity index (χ1v) is 5.66. The number of nitrogens with two attached hydrogens (primary N) is 1. The molecule has 16 heavy (non-hydrogen) atoms. The average Bonchev–Trinajstić information content (AvgIpc) is 2.23. The Morgan fingerprint density at radius 2 is 2.19 bits per heavy atom. The third-order valence-corrected chi connectivity index (χ3v) is 3.71. The lowest BCUT2D eigenvalue weighted by molar-refractivity contribution is -0.0400. The molecule has 4 heteroatoms. The molecule has 2 rings (SSSR count). The molecule has 0 aromatic heterocycles. The summed E-state index contributed by atoms with van der Waals surface area (Å²) < 4.78 is 18.7. The van der Waals surface area contributed by atoms with Crippen molar-refractivity contribution in [2.24, 2.45) is 11.1 Å². The van der Waals surface area contributed by atoms with Crippen LogP contribution in [0.1, 0.15) is 20.3 Å². The molecule has 1 saturated carbocycles. The standard InChI is InChI=1S/C12H15ClFNO/c1-12(2)10(15)6-11(12)16-7-3-4-9(14)8(13)5-7/h3-5,10-11H,6,15H2,1-2H3. The lowest BCUT2D eigenvalue weighted by Crippen LogP contribution is -2.60. The third kappa shape index (κ3) is 1.89. The maximum atomic E-state index is 12.9. The summed E-state index contributed by atoms with van der Waals surface area (Å²) in [7, 11) is 0. The van der Waals surface area contributed by atoms with Crippen molar-refractivity contribution in [1.29, 1.82) is 0 Å². The van der Waals surface area contributed by atoms with E-state index >= 15 is 0 Å². The van der Waals surface area contributed by atoms with Gasteiger partial charge < -0.3 is 10.5 Å². The second kappa shape index (κ2) is 3.90. The summed E-state index contributed by atoms with van der Waals surface area (Å²) in [6, 6.07) is 4.55. The third-order valence-electron chi connectivity index (χ3n) is 3.42. The molecule has 2 atom stereocenters. The lowest BCUT2D eigenvalue weighted by Gasteiger charge is -2.49. The van der Waals surface area contributed by atoms with Gasteiger partial charge in [0.2, 0.25) is 0 Å². The van der Waals surface area contributed by atoms with Crippen LogP contribution in [0.5, 0.6) is 5.75 Å². The molecular weight excluding hydrogens is 229 g/mol. The quantitative estimate of drug-likeness (QED) is 0.867. The maximum absolute atomic E-state index is 12.9. The van der Waals surface area contributed by atoms with Crippen LogP contribution in [0.2, 0.25) is 5.02 Å². The summed E-state index contributed by atoms with van der Waals surface area (Å²) in [5.41, 5.74) is 5.85. The van der Waals surface area contributed by atoms with Crippen LogP contribution < -0.4 is 10.5 Å². The highest BCUT2D eigenvalue weighted by Gasteiger charge is 2.47. The van der Waals surface area contributed by atoms with Gasteiger partial charge in [-0.1, -0.05) is 25.4 Å². The minimum Gasteiger partial charge on any atom is -0.490 e. The van der Waals surface area contributed by atoms with Gasteiger partial charge in [0, 0.05) is 23.9 Å². The summed E-state index contributed by atoms with van der Waals surface area (Å²) in [5.74, 6) is 0.162. The van der Waals surface area contributed by atoms with Crippen LogP contribution in [-0.4, -0.2) is 12.1 Å². The molecule has 88 valence electrons. The van der Waals surface area contributed by atoms with Gasteiger partial charge in [-0.15, -0.1) is 0 Å². The van der Waals surface area contributed by atoms with Gasteiger partial charge >= 0.3 is 0 Å². The second-order valence-corrected chi connectivity index (χ2v) is 5.25. The largest absolute Gasteiger partial charge is 0.490 e. The van der Waals surface area contributed by atoms with Crippen molar-refractivity contribution in [2.75, 3.05) is 0 Å². The van der Waals surface area contributed by atoms with Crippen LogP contribution in [0, 0.1) is 11.2 Å².